The summed E-state index contributed by atoms with van der Waals surface area (Å²) in [6.07, 6.45) is 2.97. The molecule has 1 rings (SSSR count). The van der Waals surface area contributed by atoms with Gasteiger partial charge in [0.1, 0.15) is 0 Å². The molecule has 66 valence electrons. The number of ether oxygens (including phenoxy) is 1. The van der Waals surface area contributed by atoms with E-state index >= 15 is 0 Å². The Kier molecular flexibility index (Phi) is 3.87. The zero-order chi connectivity index (χ0) is 8.10. The molecule has 0 aromatic rings. The van der Waals surface area contributed by atoms with Crippen molar-refractivity contribution in [1.82, 2.24) is 4.90 Å². The van der Waals surface area contributed by atoms with E-state index in [0.717, 1.165) is 19.7 Å². The largest absolute Gasteiger partial charge is 0.376 e. The Balaban J connectivity index is 2.21. The molecule has 0 radical (unpaired) electrons. The molecule has 1 aliphatic rings. The summed E-state index contributed by atoms with van der Waals surface area (Å²) in [5.41, 5.74) is 0. The van der Waals surface area contributed by atoms with Crippen molar-refractivity contribution in [2.45, 2.75) is 32.8 Å². The first-order valence-electron chi connectivity index (χ1n) is 4.70. The van der Waals surface area contributed by atoms with E-state index in [0.29, 0.717) is 6.10 Å². The molecule has 1 atom stereocenters. The summed E-state index contributed by atoms with van der Waals surface area (Å²) in [7, 11) is 0. The summed E-state index contributed by atoms with van der Waals surface area (Å²) in [5.74, 6) is 0. The van der Waals surface area contributed by atoms with E-state index < -0.39 is 0 Å². The van der Waals surface area contributed by atoms with Gasteiger partial charge in [0.25, 0.3) is 0 Å². The van der Waals surface area contributed by atoms with Crippen molar-refractivity contribution < 1.29 is 4.74 Å². The lowest BCUT2D eigenvalue weighted by Crippen LogP contribution is -2.42. The minimum atomic E-state index is 0.508. The van der Waals surface area contributed by atoms with Crippen molar-refractivity contribution in [2.24, 2.45) is 0 Å². The van der Waals surface area contributed by atoms with Crippen LogP contribution in [0.5, 0.6) is 0 Å². The molecule has 0 aromatic carbocycles. The normalized spacial score (nSPS) is 27.3. The lowest BCUT2D eigenvalue weighted by Gasteiger charge is -2.31. The quantitative estimate of drug-likeness (QED) is 0.615. The molecule has 0 saturated carbocycles. The molecule has 0 aliphatic carbocycles. The van der Waals surface area contributed by atoms with Gasteiger partial charge in [-0.1, -0.05) is 20.3 Å². The lowest BCUT2D eigenvalue weighted by molar-refractivity contribution is -0.0304. The Hall–Kier alpha value is -0.0800. The minimum Gasteiger partial charge on any atom is -0.376 e. The number of nitrogens with zero attached hydrogens (tertiary/aromatic N) is 1. The van der Waals surface area contributed by atoms with Gasteiger partial charge < -0.3 is 4.74 Å². The number of rotatable bonds is 3. The van der Waals surface area contributed by atoms with E-state index in [1.165, 1.54) is 19.4 Å². The van der Waals surface area contributed by atoms with Gasteiger partial charge in [-0.15, -0.1) is 0 Å². The van der Waals surface area contributed by atoms with E-state index in [4.69, 9.17) is 4.74 Å². The number of likely N-dealkylation sites (N-methyl/N-ethyl adjacent to an activating group) is 1. The molecule has 0 N–H and O–H groups in total. The minimum absolute atomic E-state index is 0.508. The molecule has 1 heterocycles. The van der Waals surface area contributed by atoms with Crippen LogP contribution in [0.3, 0.4) is 0 Å². The Morgan fingerprint density at radius 3 is 2.91 bits per heavy atom. The molecule has 2 nitrogen and oxygen atoms in total. The molecule has 1 fully saturated rings. The van der Waals surface area contributed by atoms with Crippen molar-refractivity contribution in [3.63, 3.8) is 0 Å². The molecule has 1 unspecified atom stereocenters. The van der Waals surface area contributed by atoms with Crippen LogP contribution in [0, 0.1) is 0 Å². The standard InChI is InChI=1S/C9H19NO/c1-3-5-9-8-10(4-2)6-7-11-9/h9H,3-8H2,1-2H3. The predicted molar refractivity (Wildman–Crippen MR) is 46.8 cm³/mol. The van der Waals surface area contributed by atoms with Gasteiger partial charge in [-0.25, -0.2) is 0 Å². The molecule has 1 saturated heterocycles. The third kappa shape index (κ3) is 2.80. The molecule has 11 heavy (non-hydrogen) atoms. The van der Waals surface area contributed by atoms with Crippen molar-refractivity contribution in [2.75, 3.05) is 26.2 Å². The van der Waals surface area contributed by atoms with Crippen molar-refractivity contribution in [3.8, 4) is 0 Å². The summed E-state index contributed by atoms with van der Waals surface area (Å²) >= 11 is 0. The topological polar surface area (TPSA) is 12.5 Å². The lowest BCUT2D eigenvalue weighted by atomic mass is 10.2. The zero-order valence-corrected chi connectivity index (χ0v) is 7.68. The first kappa shape index (κ1) is 9.01. The van der Waals surface area contributed by atoms with Gasteiger partial charge >= 0.3 is 0 Å². The maximum absolute atomic E-state index is 5.61. The van der Waals surface area contributed by atoms with Crippen molar-refractivity contribution in [1.29, 1.82) is 0 Å². The molecule has 2 heteroatoms. The van der Waals surface area contributed by atoms with Crippen LogP contribution in [0.15, 0.2) is 0 Å². The van der Waals surface area contributed by atoms with E-state index in [1.807, 2.05) is 0 Å². The van der Waals surface area contributed by atoms with Gasteiger partial charge in [-0.3, -0.25) is 4.90 Å². The van der Waals surface area contributed by atoms with Gasteiger partial charge in [0.15, 0.2) is 0 Å². The van der Waals surface area contributed by atoms with Gasteiger partial charge in [0, 0.05) is 13.1 Å². The molecule has 0 bridgehead atoms. The third-order valence-electron chi connectivity index (χ3n) is 2.28. The second kappa shape index (κ2) is 4.73. The van der Waals surface area contributed by atoms with Gasteiger partial charge in [0.05, 0.1) is 12.7 Å². The Bertz CT molecular complexity index is 104. The third-order valence-corrected chi connectivity index (χ3v) is 2.28. The average Bonchev–Trinajstić information content (AvgIpc) is 2.06. The molecule has 0 aromatic heterocycles. The van der Waals surface area contributed by atoms with Crippen LogP contribution in [0.25, 0.3) is 0 Å². The summed E-state index contributed by atoms with van der Waals surface area (Å²) in [5, 5.41) is 0. The summed E-state index contributed by atoms with van der Waals surface area (Å²) in [6.45, 7) is 8.80. The molecule has 1 aliphatic heterocycles. The summed E-state index contributed by atoms with van der Waals surface area (Å²) < 4.78 is 5.61. The fourth-order valence-corrected chi connectivity index (χ4v) is 1.56. The van der Waals surface area contributed by atoms with Crippen LogP contribution in [0.2, 0.25) is 0 Å². The van der Waals surface area contributed by atoms with Gasteiger partial charge in [-0.05, 0) is 13.0 Å². The Morgan fingerprint density at radius 2 is 2.27 bits per heavy atom. The van der Waals surface area contributed by atoms with Crippen LogP contribution in [-0.2, 0) is 4.74 Å². The van der Waals surface area contributed by atoms with Crippen molar-refractivity contribution >= 4 is 0 Å². The van der Waals surface area contributed by atoms with Crippen molar-refractivity contribution in [3.05, 3.63) is 0 Å². The van der Waals surface area contributed by atoms with Gasteiger partial charge in [0.2, 0.25) is 0 Å². The van der Waals surface area contributed by atoms with Crippen LogP contribution in [0.4, 0.5) is 0 Å². The summed E-state index contributed by atoms with van der Waals surface area (Å²) in [4.78, 5) is 2.46. The summed E-state index contributed by atoms with van der Waals surface area (Å²) in [6, 6.07) is 0. The molecular formula is C9H19NO. The second-order valence-electron chi connectivity index (χ2n) is 3.17. The second-order valence-corrected chi connectivity index (χ2v) is 3.17. The van der Waals surface area contributed by atoms with Crippen LogP contribution in [0.1, 0.15) is 26.7 Å². The highest BCUT2D eigenvalue weighted by Gasteiger charge is 2.17. The average molecular weight is 157 g/mol. The smallest absolute Gasteiger partial charge is 0.0702 e. The Labute approximate surface area is 69.5 Å². The number of hydrogen-bond acceptors (Lipinski definition) is 2. The maximum Gasteiger partial charge on any atom is 0.0702 e. The van der Waals surface area contributed by atoms with E-state index in [1.54, 1.807) is 0 Å². The highest BCUT2D eigenvalue weighted by molar-refractivity contribution is 4.69. The first-order chi connectivity index (χ1) is 5.36. The SMILES string of the molecule is CCCC1CN(CC)CCO1. The number of hydrogen-bond donors (Lipinski definition) is 0. The number of morpholine rings is 1. The van der Waals surface area contributed by atoms with Crippen LogP contribution < -0.4 is 0 Å². The Morgan fingerprint density at radius 1 is 1.45 bits per heavy atom. The van der Waals surface area contributed by atoms with E-state index in [-0.39, 0.29) is 0 Å². The first-order valence-corrected chi connectivity index (χ1v) is 4.70. The van der Waals surface area contributed by atoms with E-state index in [2.05, 4.69) is 18.7 Å². The molecule has 0 spiro atoms. The maximum atomic E-state index is 5.61. The molecule has 0 amide bonds. The molecular weight excluding hydrogens is 138 g/mol. The van der Waals surface area contributed by atoms with Crippen LogP contribution in [-0.4, -0.2) is 37.2 Å². The zero-order valence-electron chi connectivity index (χ0n) is 7.68. The monoisotopic (exact) mass is 157 g/mol. The highest BCUT2D eigenvalue weighted by atomic mass is 16.5. The fraction of sp³-hybridized carbons (Fsp3) is 1.00. The highest BCUT2D eigenvalue weighted by Crippen LogP contribution is 2.09. The van der Waals surface area contributed by atoms with Gasteiger partial charge in [-0.2, -0.15) is 0 Å². The van der Waals surface area contributed by atoms with Crippen LogP contribution >= 0.6 is 0 Å². The fourth-order valence-electron chi connectivity index (χ4n) is 1.56. The van der Waals surface area contributed by atoms with E-state index in [9.17, 15) is 0 Å². The predicted octanol–water partition coefficient (Wildman–Crippen LogP) is 1.51.